The van der Waals surface area contributed by atoms with Crippen LogP contribution in [0.3, 0.4) is 0 Å². The summed E-state index contributed by atoms with van der Waals surface area (Å²) in [4.78, 5) is 0. The molecule has 3 heteroatoms. The van der Waals surface area contributed by atoms with Crippen molar-refractivity contribution in [2.24, 2.45) is 5.92 Å². The summed E-state index contributed by atoms with van der Waals surface area (Å²) in [7, 11) is 0. The number of aromatic nitrogens is 2. The zero-order valence-corrected chi connectivity index (χ0v) is 13.0. The van der Waals surface area contributed by atoms with Gasteiger partial charge in [0.2, 0.25) is 0 Å². The van der Waals surface area contributed by atoms with Crippen LogP contribution in [0.2, 0.25) is 0 Å². The van der Waals surface area contributed by atoms with Gasteiger partial charge in [-0.25, -0.2) is 0 Å². The maximum absolute atomic E-state index is 4.65. The van der Waals surface area contributed by atoms with Crippen LogP contribution in [-0.2, 0) is 0 Å². The molecule has 1 aromatic rings. The normalized spacial score (nSPS) is 17.7. The van der Waals surface area contributed by atoms with E-state index in [2.05, 4.69) is 42.8 Å². The van der Waals surface area contributed by atoms with Gasteiger partial charge in [-0.1, -0.05) is 25.7 Å². The van der Waals surface area contributed by atoms with Crippen LogP contribution in [0.5, 0.6) is 0 Å². The number of hydrogen-bond donors (Lipinski definition) is 1. The van der Waals surface area contributed by atoms with E-state index >= 15 is 0 Å². The van der Waals surface area contributed by atoms with Crippen molar-refractivity contribution in [3.8, 4) is 0 Å². The van der Waals surface area contributed by atoms with Gasteiger partial charge < -0.3 is 5.32 Å². The predicted octanol–water partition coefficient (Wildman–Crippen LogP) is 4.46. The van der Waals surface area contributed by atoms with Crippen LogP contribution in [0, 0.1) is 19.8 Å². The molecule has 1 saturated carbocycles. The minimum Gasteiger partial charge on any atom is -0.382 e. The molecule has 0 atom stereocenters. The van der Waals surface area contributed by atoms with E-state index in [1.54, 1.807) is 0 Å². The zero-order valence-electron chi connectivity index (χ0n) is 13.0. The Kier molecular flexibility index (Phi) is 4.89. The van der Waals surface area contributed by atoms with Gasteiger partial charge in [-0.2, -0.15) is 5.10 Å². The van der Waals surface area contributed by atoms with Gasteiger partial charge >= 0.3 is 0 Å². The molecule has 2 rings (SSSR count). The standard InChI is InChI=1S/C16H29N3/c1-12(2)19-14(4)16(13(3)18-19)17-11-15-9-7-5-6-8-10-15/h12,15,17H,5-11H2,1-4H3. The fraction of sp³-hybridized carbons (Fsp3) is 0.812. The van der Waals surface area contributed by atoms with Crippen LogP contribution in [0.1, 0.15) is 69.8 Å². The highest BCUT2D eigenvalue weighted by Gasteiger charge is 2.16. The first-order valence-electron chi connectivity index (χ1n) is 7.89. The largest absolute Gasteiger partial charge is 0.382 e. The summed E-state index contributed by atoms with van der Waals surface area (Å²) in [5.41, 5.74) is 3.68. The smallest absolute Gasteiger partial charge is 0.0828 e. The lowest BCUT2D eigenvalue weighted by Gasteiger charge is -2.16. The van der Waals surface area contributed by atoms with Gasteiger partial charge in [0.15, 0.2) is 0 Å². The van der Waals surface area contributed by atoms with Crippen LogP contribution >= 0.6 is 0 Å². The van der Waals surface area contributed by atoms with Gasteiger partial charge in [0.1, 0.15) is 0 Å². The molecular weight excluding hydrogens is 234 g/mol. The molecule has 0 unspecified atom stereocenters. The second-order valence-corrected chi connectivity index (χ2v) is 6.32. The van der Waals surface area contributed by atoms with Gasteiger partial charge in [0.25, 0.3) is 0 Å². The Hall–Kier alpha value is -0.990. The first-order chi connectivity index (χ1) is 9.09. The summed E-state index contributed by atoms with van der Waals surface area (Å²) >= 11 is 0. The second-order valence-electron chi connectivity index (χ2n) is 6.32. The van der Waals surface area contributed by atoms with Crippen molar-refractivity contribution in [3.63, 3.8) is 0 Å². The summed E-state index contributed by atoms with van der Waals surface area (Å²) in [6.07, 6.45) is 8.47. The number of nitrogens with one attached hydrogen (secondary N) is 1. The maximum atomic E-state index is 4.65. The lowest BCUT2D eigenvalue weighted by Crippen LogP contribution is -2.14. The molecule has 1 aliphatic rings. The van der Waals surface area contributed by atoms with Crippen LogP contribution in [-0.4, -0.2) is 16.3 Å². The maximum Gasteiger partial charge on any atom is 0.0828 e. The molecule has 0 spiro atoms. The Morgan fingerprint density at radius 1 is 1.16 bits per heavy atom. The minimum atomic E-state index is 0.437. The van der Waals surface area contributed by atoms with Crippen molar-refractivity contribution < 1.29 is 0 Å². The van der Waals surface area contributed by atoms with E-state index in [9.17, 15) is 0 Å². The van der Waals surface area contributed by atoms with E-state index in [0.717, 1.165) is 18.2 Å². The van der Waals surface area contributed by atoms with Crippen LogP contribution in [0.15, 0.2) is 0 Å². The number of hydrogen-bond acceptors (Lipinski definition) is 2. The number of rotatable bonds is 4. The second kappa shape index (κ2) is 6.44. The SMILES string of the molecule is Cc1nn(C(C)C)c(C)c1NCC1CCCCCC1. The Balaban J connectivity index is 1.98. The lowest BCUT2D eigenvalue weighted by atomic mass is 10.0. The number of aryl methyl sites for hydroxylation is 1. The quantitative estimate of drug-likeness (QED) is 0.813. The van der Waals surface area contributed by atoms with E-state index in [4.69, 9.17) is 0 Å². The summed E-state index contributed by atoms with van der Waals surface area (Å²) < 4.78 is 2.13. The zero-order chi connectivity index (χ0) is 13.8. The van der Waals surface area contributed by atoms with Crippen molar-refractivity contribution in [2.75, 3.05) is 11.9 Å². The molecule has 0 aromatic carbocycles. The molecule has 1 fully saturated rings. The Morgan fingerprint density at radius 3 is 2.32 bits per heavy atom. The van der Waals surface area contributed by atoms with Crippen LogP contribution in [0.4, 0.5) is 5.69 Å². The molecule has 0 bridgehead atoms. The van der Waals surface area contributed by atoms with Gasteiger partial charge in [0.05, 0.1) is 17.1 Å². The van der Waals surface area contributed by atoms with Gasteiger partial charge in [-0.3, -0.25) is 4.68 Å². The minimum absolute atomic E-state index is 0.437. The highest BCUT2D eigenvalue weighted by Crippen LogP contribution is 2.26. The molecule has 1 aliphatic carbocycles. The number of anilines is 1. The average molecular weight is 263 g/mol. The molecule has 0 saturated heterocycles. The van der Waals surface area contributed by atoms with Gasteiger partial charge in [-0.05, 0) is 46.5 Å². The third-order valence-corrected chi connectivity index (χ3v) is 4.36. The molecular formula is C16H29N3. The van der Waals surface area contributed by atoms with E-state index in [1.807, 2.05) is 0 Å². The Bertz CT molecular complexity index is 398. The van der Waals surface area contributed by atoms with E-state index in [0.29, 0.717) is 6.04 Å². The fourth-order valence-electron chi connectivity index (χ4n) is 3.24. The fourth-order valence-corrected chi connectivity index (χ4v) is 3.24. The van der Waals surface area contributed by atoms with Gasteiger partial charge in [-0.15, -0.1) is 0 Å². The summed E-state index contributed by atoms with van der Waals surface area (Å²) in [6.45, 7) is 9.78. The third kappa shape index (κ3) is 3.52. The van der Waals surface area contributed by atoms with Crippen LogP contribution < -0.4 is 5.32 Å². The van der Waals surface area contributed by atoms with Crippen LogP contribution in [0.25, 0.3) is 0 Å². The van der Waals surface area contributed by atoms with Crippen molar-refractivity contribution in [1.29, 1.82) is 0 Å². The molecule has 0 amide bonds. The molecule has 3 nitrogen and oxygen atoms in total. The summed E-state index contributed by atoms with van der Waals surface area (Å²) in [6, 6.07) is 0.437. The predicted molar refractivity (Wildman–Crippen MR) is 81.8 cm³/mol. The van der Waals surface area contributed by atoms with Crippen molar-refractivity contribution >= 4 is 5.69 Å². The number of nitrogens with zero attached hydrogens (tertiary/aromatic N) is 2. The molecule has 1 N–H and O–H groups in total. The monoisotopic (exact) mass is 263 g/mol. The van der Waals surface area contributed by atoms with E-state index in [-0.39, 0.29) is 0 Å². The molecule has 0 radical (unpaired) electrons. The Morgan fingerprint density at radius 2 is 1.79 bits per heavy atom. The lowest BCUT2D eigenvalue weighted by molar-refractivity contribution is 0.483. The molecule has 108 valence electrons. The highest BCUT2D eigenvalue weighted by atomic mass is 15.3. The molecule has 1 aromatic heterocycles. The van der Waals surface area contributed by atoms with Crippen molar-refractivity contribution in [1.82, 2.24) is 9.78 Å². The first kappa shape index (κ1) is 14.4. The summed E-state index contributed by atoms with van der Waals surface area (Å²) in [5, 5.41) is 8.32. The van der Waals surface area contributed by atoms with E-state index < -0.39 is 0 Å². The van der Waals surface area contributed by atoms with Crippen molar-refractivity contribution in [2.45, 2.75) is 72.3 Å². The molecule has 0 aliphatic heterocycles. The third-order valence-electron chi connectivity index (χ3n) is 4.36. The summed E-state index contributed by atoms with van der Waals surface area (Å²) in [5.74, 6) is 0.851. The first-order valence-corrected chi connectivity index (χ1v) is 7.89. The molecule has 1 heterocycles. The van der Waals surface area contributed by atoms with E-state index in [1.165, 1.54) is 49.9 Å². The topological polar surface area (TPSA) is 29.9 Å². The molecule has 19 heavy (non-hydrogen) atoms. The van der Waals surface area contributed by atoms with Crippen molar-refractivity contribution in [3.05, 3.63) is 11.4 Å². The Labute approximate surface area is 117 Å². The average Bonchev–Trinajstić information content (AvgIpc) is 2.58. The highest BCUT2D eigenvalue weighted by molar-refractivity contribution is 5.52. The van der Waals surface area contributed by atoms with Gasteiger partial charge in [0, 0.05) is 12.6 Å².